The molecule has 0 radical (unpaired) electrons. The summed E-state index contributed by atoms with van der Waals surface area (Å²) >= 11 is 0. The fraction of sp³-hybridized carbons (Fsp3) is 0.222. The van der Waals surface area contributed by atoms with E-state index in [1.165, 1.54) is 49.6 Å². The van der Waals surface area contributed by atoms with Crippen LogP contribution in [0.5, 0.6) is 0 Å². The van der Waals surface area contributed by atoms with E-state index in [1.54, 1.807) is 0 Å². The van der Waals surface area contributed by atoms with Crippen molar-refractivity contribution in [3.8, 4) is 22.4 Å². The van der Waals surface area contributed by atoms with E-state index in [2.05, 4.69) is 118 Å². The molecule has 0 unspecified atom stereocenters. The Labute approximate surface area is 175 Å². The van der Waals surface area contributed by atoms with Crippen molar-refractivity contribution in [2.75, 3.05) is 0 Å². The molecule has 0 aliphatic rings. The normalized spacial score (nSPS) is 11.8. The molecule has 3 aromatic carbocycles. The van der Waals surface area contributed by atoms with Crippen molar-refractivity contribution in [1.82, 2.24) is 0 Å². The van der Waals surface area contributed by atoms with Gasteiger partial charge < -0.3 is 0 Å². The number of hydrogen-bond acceptors (Lipinski definition) is 0. The summed E-state index contributed by atoms with van der Waals surface area (Å²) in [5.74, 6) is 0. The Morgan fingerprint density at radius 2 is 1.45 bits per heavy atom. The highest BCUT2D eigenvalue weighted by atomic mass is 28.3. The third-order valence-electron chi connectivity index (χ3n) is 5.99. The predicted molar refractivity (Wildman–Crippen MR) is 128 cm³/mol. The largest absolute Gasteiger partial charge is 0.220 e. The molecule has 1 nitrogen and oxygen atoms in total. The number of aryl methyl sites for hydroxylation is 2. The molecule has 0 aliphatic heterocycles. The van der Waals surface area contributed by atoms with E-state index in [4.69, 9.17) is 0 Å². The van der Waals surface area contributed by atoms with Gasteiger partial charge in [-0.25, -0.2) is 0 Å². The van der Waals surface area contributed by atoms with Crippen LogP contribution >= 0.6 is 0 Å². The summed E-state index contributed by atoms with van der Waals surface area (Å²) in [5.41, 5.74) is 7.74. The smallest absolute Gasteiger partial charge is 0.198 e. The summed E-state index contributed by atoms with van der Waals surface area (Å²) < 4.78 is 2.33. The van der Waals surface area contributed by atoms with Gasteiger partial charge in [0, 0.05) is 18.6 Å². The monoisotopic (exact) mass is 396 g/mol. The molecule has 0 saturated carbocycles. The molecule has 0 spiro atoms. The van der Waals surface area contributed by atoms with Crippen molar-refractivity contribution < 1.29 is 4.57 Å². The molecule has 4 aromatic rings. The SMILES string of the molecule is Cc1cc(-c2ccccc2)ccc1-c1c2ccc([Si](C)(C)C)cc2cc(C)[n+]1C. The minimum Gasteiger partial charge on any atom is -0.198 e. The Kier molecular flexibility index (Phi) is 4.91. The molecule has 0 amide bonds. The molecule has 0 saturated heterocycles. The zero-order valence-electron chi connectivity index (χ0n) is 18.4. The van der Waals surface area contributed by atoms with Crippen LogP contribution < -0.4 is 9.75 Å². The van der Waals surface area contributed by atoms with E-state index in [9.17, 15) is 0 Å². The van der Waals surface area contributed by atoms with Gasteiger partial charge in [-0.2, -0.15) is 4.57 Å². The van der Waals surface area contributed by atoms with Gasteiger partial charge in [-0.1, -0.05) is 79.4 Å². The maximum Gasteiger partial charge on any atom is 0.220 e. The van der Waals surface area contributed by atoms with Gasteiger partial charge in [-0.3, -0.25) is 0 Å². The van der Waals surface area contributed by atoms with E-state index in [1.807, 2.05) is 0 Å². The second-order valence-corrected chi connectivity index (χ2v) is 14.2. The minimum atomic E-state index is -1.34. The van der Waals surface area contributed by atoms with Gasteiger partial charge in [-0.05, 0) is 41.1 Å². The highest BCUT2D eigenvalue weighted by molar-refractivity contribution is 6.88. The van der Waals surface area contributed by atoms with Crippen LogP contribution in [0.15, 0.2) is 72.8 Å². The van der Waals surface area contributed by atoms with E-state index >= 15 is 0 Å². The van der Waals surface area contributed by atoms with Crippen molar-refractivity contribution in [3.05, 3.63) is 84.1 Å². The van der Waals surface area contributed by atoms with E-state index < -0.39 is 8.07 Å². The molecule has 1 aromatic heterocycles. The van der Waals surface area contributed by atoms with E-state index in [0.717, 1.165) is 0 Å². The molecule has 146 valence electrons. The molecule has 0 bridgehead atoms. The number of benzene rings is 3. The van der Waals surface area contributed by atoms with Crippen LogP contribution in [0.4, 0.5) is 0 Å². The number of pyridine rings is 1. The first kappa shape index (κ1) is 19.6. The summed E-state index contributed by atoms with van der Waals surface area (Å²) in [7, 11) is 0.841. The first-order chi connectivity index (χ1) is 13.8. The third kappa shape index (κ3) is 3.65. The zero-order valence-corrected chi connectivity index (χ0v) is 19.4. The number of fused-ring (bicyclic) bond motifs is 1. The number of rotatable bonds is 3. The molecule has 0 atom stereocenters. The Balaban J connectivity index is 1.92. The Bertz CT molecular complexity index is 1200. The number of hydrogen-bond donors (Lipinski definition) is 0. The highest BCUT2D eigenvalue weighted by Gasteiger charge is 2.22. The molecule has 0 fully saturated rings. The van der Waals surface area contributed by atoms with Crippen LogP contribution in [-0.2, 0) is 7.05 Å². The topological polar surface area (TPSA) is 3.88 Å². The lowest BCUT2D eigenvalue weighted by Gasteiger charge is -2.18. The standard InChI is InChI=1S/C27H30NSi/c1-19-16-22(21-10-8-7-9-11-21)12-14-25(19)27-26-15-13-24(29(4,5)6)18-23(26)17-20(2)28(27)3/h7-18H,1-6H3/q+1. The Hall–Kier alpha value is -2.71. The van der Waals surface area contributed by atoms with Crippen molar-refractivity contribution in [2.45, 2.75) is 33.5 Å². The molecule has 29 heavy (non-hydrogen) atoms. The average Bonchev–Trinajstić information content (AvgIpc) is 2.69. The summed E-state index contributed by atoms with van der Waals surface area (Å²) in [6.07, 6.45) is 0. The van der Waals surface area contributed by atoms with Gasteiger partial charge in [0.25, 0.3) is 0 Å². The van der Waals surface area contributed by atoms with Crippen molar-refractivity contribution >= 4 is 24.0 Å². The van der Waals surface area contributed by atoms with Crippen LogP contribution in [0.1, 0.15) is 11.3 Å². The lowest BCUT2D eigenvalue weighted by Crippen LogP contribution is -2.38. The first-order valence-electron chi connectivity index (χ1n) is 10.4. The maximum absolute atomic E-state index is 2.42. The molecule has 4 rings (SSSR count). The summed E-state index contributed by atoms with van der Waals surface area (Å²) in [4.78, 5) is 0. The fourth-order valence-electron chi connectivity index (χ4n) is 4.11. The second kappa shape index (κ2) is 7.27. The quantitative estimate of drug-likeness (QED) is 0.288. The first-order valence-corrected chi connectivity index (χ1v) is 13.9. The summed E-state index contributed by atoms with van der Waals surface area (Å²) in [6.45, 7) is 11.7. The number of nitrogens with zero attached hydrogens (tertiary/aromatic N) is 1. The molecule has 2 heteroatoms. The van der Waals surface area contributed by atoms with Crippen molar-refractivity contribution in [2.24, 2.45) is 7.05 Å². The van der Waals surface area contributed by atoms with Gasteiger partial charge in [-0.15, -0.1) is 0 Å². The molecule has 1 heterocycles. The van der Waals surface area contributed by atoms with Gasteiger partial charge in [0.15, 0.2) is 5.69 Å². The number of aromatic nitrogens is 1. The van der Waals surface area contributed by atoms with Gasteiger partial charge >= 0.3 is 0 Å². The molecule has 0 aliphatic carbocycles. The third-order valence-corrected chi connectivity index (χ3v) is 8.03. The minimum absolute atomic E-state index is 1.26. The zero-order chi connectivity index (χ0) is 20.8. The predicted octanol–water partition coefficient (Wildman–Crippen LogP) is 6.16. The van der Waals surface area contributed by atoms with E-state index in [-0.39, 0.29) is 0 Å². The molecular weight excluding hydrogens is 366 g/mol. The van der Waals surface area contributed by atoms with Crippen LogP contribution in [0.2, 0.25) is 19.6 Å². The maximum atomic E-state index is 2.42. The van der Waals surface area contributed by atoms with Crippen LogP contribution in [0.25, 0.3) is 33.2 Å². The lowest BCUT2D eigenvalue weighted by atomic mass is 9.95. The Morgan fingerprint density at radius 1 is 0.724 bits per heavy atom. The van der Waals surface area contributed by atoms with Gasteiger partial charge in [0.2, 0.25) is 5.69 Å². The van der Waals surface area contributed by atoms with Crippen molar-refractivity contribution in [1.29, 1.82) is 0 Å². The second-order valence-electron chi connectivity index (χ2n) is 9.14. The van der Waals surface area contributed by atoms with Crippen LogP contribution in [0, 0.1) is 13.8 Å². The van der Waals surface area contributed by atoms with Crippen molar-refractivity contribution in [3.63, 3.8) is 0 Å². The van der Waals surface area contributed by atoms with Gasteiger partial charge in [0.05, 0.1) is 13.5 Å². The molecular formula is C27H30NSi+. The highest BCUT2D eigenvalue weighted by Crippen LogP contribution is 2.31. The van der Waals surface area contributed by atoms with Crippen LogP contribution in [-0.4, -0.2) is 8.07 Å². The van der Waals surface area contributed by atoms with Gasteiger partial charge in [0.1, 0.15) is 7.05 Å². The Morgan fingerprint density at radius 3 is 2.10 bits per heavy atom. The summed E-state index contributed by atoms with van der Waals surface area (Å²) in [5, 5.41) is 4.19. The summed E-state index contributed by atoms with van der Waals surface area (Å²) in [6, 6.07) is 26.9. The van der Waals surface area contributed by atoms with E-state index in [0.29, 0.717) is 0 Å². The average molecular weight is 397 g/mol. The molecule has 0 N–H and O–H groups in total. The lowest BCUT2D eigenvalue weighted by molar-refractivity contribution is -0.665. The van der Waals surface area contributed by atoms with Crippen LogP contribution in [0.3, 0.4) is 0 Å². The fourth-order valence-corrected chi connectivity index (χ4v) is 5.28.